The van der Waals surface area contributed by atoms with Gasteiger partial charge in [-0.1, -0.05) is 18.2 Å². The second kappa shape index (κ2) is 6.87. The highest BCUT2D eigenvalue weighted by molar-refractivity contribution is 5.81. The Balaban J connectivity index is 1.59. The van der Waals surface area contributed by atoms with Gasteiger partial charge in [-0.3, -0.25) is 14.2 Å². The smallest absolute Gasteiger partial charge is 0.239 e. The Morgan fingerprint density at radius 1 is 1.19 bits per heavy atom. The van der Waals surface area contributed by atoms with Crippen LogP contribution in [0.2, 0.25) is 0 Å². The predicted octanol–water partition coefficient (Wildman–Crippen LogP) is 2.04. The standard InChI is InChI=1S/C18H16FN7O/c19-14-4-2-1-3-12(14)10-26-15-7-18(21-8-13(15)9-22-26)23-17-5-6-25(24-17)11-16(20)27/h1-9H,10-11H2,(H2,20,27)(H,21,23,24). The van der Waals surface area contributed by atoms with Crippen LogP contribution in [-0.2, 0) is 17.9 Å². The summed E-state index contributed by atoms with van der Waals surface area (Å²) in [6.45, 7) is 0.316. The van der Waals surface area contributed by atoms with Gasteiger partial charge in [0.15, 0.2) is 5.82 Å². The monoisotopic (exact) mass is 365 g/mol. The number of primary amides is 1. The molecule has 0 spiro atoms. The molecule has 0 saturated carbocycles. The average molecular weight is 365 g/mol. The molecular formula is C18H16FN7O. The van der Waals surface area contributed by atoms with Crippen LogP contribution in [0, 0.1) is 5.82 Å². The maximum absolute atomic E-state index is 13.9. The number of halogens is 1. The molecule has 3 aromatic heterocycles. The van der Waals surface area contributed by atoms with Crippen LogP contribution in [0.25, 0.3) is 10.9 Å². The fourth-order valence-electron chi connectivity index (χ4n) is 2.76. The van der Waals surface area contributed by atoms with Gasteiger partial charge in [0, 0.05) is 35.5 Å². The number of nitrogens with zero attached hydrogens (tertiary/aromatic N) is 5. The molecule has 0 atom stereocenters. The molecule has 0 saturated heterocycles. The first kappa shape index (κ1) is 16.7. The van der Waals surface area contributed by atoms with Gasteiger partial charge in [-0.2, -0.15) is 10.2 Å². The van der Waals surface area contributed by atoms with Crippen LogP contribution in [0.1, 0.15) is 5.56 Å². The number of hydrogen-bond acceptors (Lipinski definition) is 5. The molecule has 0 aliphatic carbocycles. The summed E-state index contributed by atoms with van der Waals surface area (Å²) in [6, 6.07) is 10.1. The molecule has 9 heteroatoms. The van der Waals surface area contributed by atoms with Crippen molar-refractivity contribution in [1.29, 1.82) is 0 Å². The molecule has 4 aromatic rings. The molecule has 0 bridgehead atoms. The lowest BCUT2D eigenvalue weighted by molar-refractivity contribution is -0.118. The van der Waals surface area contributed by atoms with E-state index in [2.05, 4.69) is 20.5 Å². The number of fused-ring (bicyclic) bond motifs is 1. The van der Waals surface area contributed by atoms with Gasteiger partial charge in [-0.15, -0.1) is 0 Å². The van der Waals surface area contributed by atoms with Crippen LogP contribution in [0.4, 0.5) is 16.0 Å². The van der Waals surface area contributed by atoms with E-state index in [9.17, 15) is 9.18 Å². The maximum Gasteiger partial charge on any atom is 0.239 e. The van der Waals surface area contributed by atoms with Crippen LogP contribution < -0.4 is 11.1 Å². The second-order valence-corrected chi connectivity index (χ2v) is 6.01. The van der Waals surface area contributed by atoms with Crippen LogP contribution in [0.3, 0.4) is 0 Å². The molecule has 1 amide bonds. The largest absolute Gasteiger partial charge is 0.368 e. The van der Waals surface area contributed by atoms with E-state index in [-0.39, 0.29) is 12.4 Å². The number of benzene rings is 1. The van der Waals surface area contributed by atoms with Crippen molar-refractivity contribution in [2.24, 2.45) is 5.73 Å². The summed E-state index contributed by atoms with van der Waals surface area (Å²) in [4.78, 5) is 15.3. The molecule has 0 fully saturated rings. The molecule has 0 aliphatic heterocycles. The second-order valence-electron chi connectivity index (χ2n) is 6.01. The normalized spacial score (nSPS) is 11.0. The summed E-state index contributed by atoms with van der Waals surface area (Å²) in [6.07, 6.45) is 5.02. The van der Waals surface area contributed by atoms with Crippen molar-refractivity contribution in [3.8, 4) is 0 Å². The summed E-state index contributed by atoms with van der Waals surface area (Å²) >= 11 is 0. The van der Waals surface area contributed by atoms with E-state index in [0.29, 0.717) is 23.7 Å². The van der Waals surface area contributed by atoms with Gasteiger partial charge in [0.2, 0.25) is 5.91 Å². The van der Waals surface area contributed by atoms with Gasteiger partial charge in [-0.25, -0.2) is 9.37 Å². The van der Waals surface area contributed by atoms with Gasteiger partial charge < -0.3 is 11.1 Å². The highest BCUT2D eigenvalue weighted by atomic mass is 19.1. The topological polar surface area (TPSA) is 104 Å². The Morgan fingerprint density at radius 2 is 2.04 bits per heavy atom. The van der Waals surface area contributed by atoms with E-state index in [4.69, 9.17) is 5.73 Å². The lowest BCUT2D eigenvalue weighted by Crippen LogP contribution is -2.18. The number of nitrogens with two attached hydrogens (primary N) is 1. The van der Waals surface area contributed by atoms with Crippen molar-refractivity contribution in [2.75, 3.05) is 5.32 Å². The van der Waals surface area contributed by atoms with E-state index in [0.717, 1.165) is 10.9 Å². The number of carbonyl (C=O) groups is 1. The molecule has 27 heavy (non-hydrogen) atoms. The van der Waals surface area contributed by atoms with E-state index in [1.165, 1.54) is 10.7 Å². The van der Waals surface area contributed by atoms with Crippen molar-refractivity contribution in [1.82, 2.24) is 24.5 Å². The molecule has 3 heterocycles. The van der Waals surface area contributed by atoms with E-state index in [1.54, 1.807) is 47.5 Å². The van der Waals surface area contributed by atoms with Crippen molar-refractivity contribution in [2.45, 2.75) is 13.1 Å². The number of rotatable bonds is 6. The molecule has 3 N–H and O–H groups in total. The zero-order chi connectivity index (χ0) is 18.8. The van der Waals surface area contributed by atoms with E-state index >= 15 is 0 Å². The number of amides is 1. The molecule has 136 valence electrons. The Bertz CT molecular complexity index is 1120. The highest BCUT2D eigenvalue weighted by Crippen LogP contribution is 2.20. The van der Waals surface area contributed by atoms with Crippen molar-refractivity contribution < 1.29 is 9.18 Å². The average Bonchev–Trinajstić information content (AvgIpc) is 3.23. The molecular weight excluding hydrogens is 349 g/mol. The maximum atomic E-state index is 13.9. The van der Waals surface area contributed by atoms with Crippen LogP contribution in [-0.4, -0.2) is 30.5 Å². The fourth-order valence-corrected chi connectivity index (χ4v) is 2.76. The van der Waals surface area contributed by atoms with Crippen molar-refractivity contribution in [3.63, 3.8) is 0 Å². The lowest BCUT2D eigenvalue weighted by atomic mass is 10.2. The van der Waals surface area contributed by atoms with Crippen LogP contribution in [0.15, 0.2) is 55.0 Å². The summed E-state index contributed by atoms with van der Waals surface area (Å²) in [5, 5.41) is 12.5. The van der Waals surface area contributed by atoms with Crippen LogP contribution >= 0.6 is 0 Å². The third-order valence-corrected chi connectivity index (χ3v) is 4.02. The zero-order valence-corrected chi connectivity index (χ0v) is 14.2. The molecule has 0 unspecified atom stereocenters. The number of aromatic nitrogens is 5. The van der Waals surface area contributed by atoms with Gasteiger partial charge >= 0.3 is 0 Å². The quantitative estimate of drug-likeness (QED) is 0.544. The predicted molar refractivity (Wildman–Crippen MR) is 97.7 cm³/mol. The van der Waals surface area contributed by atoms with E-state index < -0.39 is 5.91 Å². The number of nitrogens with one attached hydrogen (secondary N) is 1. The Kier molecular flexibility index (Phi) is 4.25. The van der Waals surface area contributed by atoms with Gasteiger partial charge in [-0.05, 0) is 6.07 Å². The third-order valence-electron chi connectivity index (χ3n) is 4.02. The minimum Gasteiger partial charge on any atom is -0.368 e. The fraction of sp³-hybridized carbons (Fsp3) is 0.111. The first-order chi connectivity index (χ1) is 13.1. The van der Waals surface area contributed by atoms with Crippen molar-refractivity contribution >= 4 is 28.4 Å². The summed E-state index contributed by atoms with van der Waals surface area (Å²) in [5.74, 6) is 0.347. The molecule has 0 aliphatic rings. The summed E-state index contributed by atoms with van der Waals surface area (Å²) < 4.78 is 17.1. The highest BCUT2D eigenvalue weighted by Gasteiger charge is 2.09. The Hall–Kier alpha value is -3.75. The lowest BCUT2D eigenvalue weighted by Gasteiger charge is -2.07. The minimum absolute atomic E-state index is 0.00353. The summed E-state index contributed by atoms with van der Waals surface area (Å²) in [5.41, 5.74) is 6.53. The van der Waals surface area contributed by atoms with Gasteiger partial charge in [0.25, 0.3) is 0 Å². The SMILES string of the molecule is NC(=O)Cn1ccc(Nc2cc3c(cn2)cnn3Cc2ccccc2F)n1. The van der Waals surface area contributed by atoms with E-state index in [1.807, 2.05) is 6.07 Å². The first-order valence-corrected chi connectivity index (χ1v) is 8.22. The molecule has 0 radical (unpaired) electrons. The van der Waals surface area contributed by atoms with Crippen molar-refractivity contribution in [3.05, 3.63) is 66.4 Å². The zero-order valence-electron chi connectivity index (χ0n) is 14.2. The van der Waals surface area contributed by atoms with Gasteiger partial charge in [0.1, 0.15) is 18.2 Å². The summed E-state index contributed by atoms with van der Waals surface area (Å²) in [7, 11) is 0. The number of pyridine rings is 1. The first-order valence-electron chi connectivity index (χ1n) is 8.22. The third kappa shape index (κ3) is 3.61. The Morgan fingerprint density at radius 3 is 2.85 bits per heavy atom. The number of carbonyl (C=O) groups excluding carboxylic acids is 1. The number of anilines is 2. The Labute approximate surface area is 153 Å². The molecule has 8 nitrogen and oxygen atoms in total. The van der Waals surface area contributed by atoms with Gasteiger partial charge in [0.05, 0.1) is 18.3 Å². The minimum atomic E-state index is -0.471. The van der Waals surface area contributed by atoms with Crippen LogP contribution in [0.5, 0.6) is 0 Å². The number of hydrogen-bond donors (Lipinski definition) is 2. The molecule has 1 aromatic carbocycles. The molecule has 4 rings (SSSR count).